The molecule has 23 heteroatoms. The molecule has 7 heterocycles. The summed E-state index contributed by atoms with van der Waals surface area (Å²) in [5.41, 5.74) is 11.2. The molecule has 0 aromatic carbocycles. The molecule has 0 spiro atoms. The van der Waals surface area contributed by atoms with Gasteiger partial charge in [0.05, 0.1) is 19.3 Å². The van der Waals surface area contributed by atoms with E-state index >= 15 is 4.39 Å². The Labute approximate surface area is 245 Å². The Balaban J connectivity index is 1.18. The number of anilines is 2. The highest BCUT2D eigenvalue weighted by molar-refractivity contribution is 7.53. The minimum atomic E-state index is -4.07. The van der Waals surface area contributed by atoms with Gasteiger partial charge in [0.25, 0.3) is 5.56 Å². The van der Waals surface area contributed by atoms with E-state index in [-0.39, 0.29) is 34.1 Å². The summed E-state index contributed by atoms with van der Waals surface area (Å²) in [6, 6.07) is 0. The number of nitrogen functional groups attached to an aromatic ring is 2. The number of aromatic nitrogens is 8. The summed E-state index contributed by atoms with van der Waals surface area (Å²) in [7, 11) is -7.08. The van der Waals surface area contributed by atoms with E-state index in [4.69, 9.17) is 39.0 Å². The molecule has 234 valence electrons. The lowest BCUT2D eigenvalue weighted by Gasteiger charge is -2.24. The van der Waals surface area contributed by atoms with Gasteiger partial charge >= 0.3 is 15.9 Å². The Kier molecular flexibility index (Phi) is 7.19. The molecule has 10 atom stereocenters. The van der Waals surface area contributed by atoms with E-state index in [1.165, 1.54) is 28.1 Å². The van der Waals surface area contributed by atoms with Gasteiger partial charge in [-0.15, -0.1) is 9.05 Å². The van der Waals surface area contributed by atoms with E-state index in [1.807, 2.05) is 0 Å². The number of H-pyrrole nitrogens is 1. The lowest BCUT2D eigenvalue weighted by Crippen LogP contribution is -2.35. The van der Waals surface area contributed by atoms with E-state index in [0.29, 0.717) is 0 Å². The zero-order chi connectivity index (χ0) is 30.9. The number of hydrogen-bond acceptors (Lipinski definition) is 17. The molecule has 2 unspecified atom stereocenters. The van der Waals surface area contributed by atoms with Crippen LogP contribution in [0, 0.1) is 0 Å². The molecule has 44 heavy (non-hydrogen) atoms. The summed E-state index contributed by atoms with van der Waals surface area (Å²) in [4.78, 5) is 34.8. The van der Waals surface area contributed by atoms with Gasteiger partial charge < -0.3 is 30.6 Å². The van der Waals surface area contributed by atoms with E-state index in [1.54, 1.807) is 0 Å². The van der Waals surface area contributed by atoms with Crippen LogP contribution in [0.15, 0.2) is 23.8 Å². The number of alkyl halides is 1. The Morgan fingerprint density at radius 2 is 1.77 bits per heavy atom. The Morgan fingerprint density at radius 1 is 1.05 bits per heavy atom. The summed E-state index contributed by atoms with van der Waals surface area (Å²) >= 11 is 0. The first-order valence-corrected chi connectivity index (χ1v) is 16.0. The number of aromatic amines is 1. The molecule has 20 nitrogen and oxygen atoms in total. The summed E-state index contributed by atoms with van der Waals surface area (Å²) in [5, 5.41) is 11.0. The molecule has 0 radical (unpaired) electrons. The third-order valence-electron chi connectivity index (χ3n) is 7.30. The number of hydrogen-bond donors (Lipinski definition) is 4. The number of nitrogens with two attached hydrogens (primary N) is 2. The zero-order valence-electron chi connectivity index (χ0n) is 22.4. The van der Waals surface area contributed by atoms with Crippen molar-refractivity contribution in [2.24, 2.45) is 0 Å². The van der Waals surface area contributed by atoms with Crippen LogP contribution in [0.1, 0.15) is 12.5 Å². The Hall–Kier alpha value is -3.52. The second-order valence-electron chi connectivity index (χ2n) is 10.1. The van der Waals surface area contributed by atoms with Crippen molar-refractivity contribution in [2.45, 2.75) is 49.1 Å². The molecule has 4 aromatic rings. The fraction of sp³-hybridized carbons (Fsp3) is 0.524. The summed E-state index contributed by atoms with van der Waals surface area (Å²) in [6.07, 6.45) is -7.91. The van der Waals surface area contributed by atoms with Crippen molar-refractivity contribution < 1.29 is 46.2 Å². The molecule has 0 saturated carbocycles. The maximum absolute atomic E-state index is 15.9. The first kappa shape index (κ1) is 29.2. The number of rotatable bonds is 2. The quantitative estimate of drug-likeness (QED) is 0.205. The predicted octanol–water partition coefficient (Wildman–Crippen LogP) is -0.0848. The fourth-order valence-electron chi connectivity index (χ4n) is 5.28. The molecule has 0 aliphatic carbocycles. The van der Waals surface area contributed by atoms with Crippen molar-refractivity contribution in [3.63, 3.8) is 0 Å². The van der Waals surface area contributed by atoms with Crippen LogP contribution >= 0.6 is 15.9 Å². The van der Waals surface area contributed by atoms with Gasteiger partial charge in [-0.05, 0) is 0 Å². The van der Waals surface area contributed by atoms with E-state index in [0.717, 1.165) is 6.66 Å². The van der Waals surface area contributed by atoms with Crippen LogP contribution < -0.4 is 17.0 Å². The third-order valence-corrected chi connectivity index (χ3v) is 9.32. The van der Waals surface area contributed by atoms with E-state index < -0.39 is 83.8 Å². The molecule has 3 aliphatic heterocycles. The minimum Gasteiger partial charge on any atom is -0.387 e. The number of halogens is 1. The molecule has 3 aliphatic rings. The average Bonchev–Trinajstić information content (AvgIpc) is 3.72. The van der Waals surface area contributed by atoms with Gasteiger partial charge in [0.1, 0.15) is 42.9 Å². The molecular weight excluding hydrogens is 633 g/mol. The lowest BCUT2D eigenvalue weighted by molar-refractivity contribution is -0.0571. The number of aliphatic hydroxyl groups is 1. The normalized spacial score (nSPS) is 35.8. The van der Waals surface area contributed by atoms with Crippen molar-refractivity contribution >= 4 is 49.9 Å². The molecule has 3 fully saturated rings. The number of ether oxygens (including phenoxy) is 2. The Morgan fingerprint density at radius 3 is 2.57 bits per heavy atom. The second-order valence-corrected chi connectivity index (χ2v) is 13.1. The van der Waals surface area contributed by atoms with Gasteiger partial charge in [0.15, 0.2) is 47.4 Å². The van der Waals surface area contributed by atoms with Gasteiger partial charge in [-0.25, -0.2) is 24.3 Å². The van der Waals surface area contributed by atoms with Gasteiger partial charge in [-0.3, -0.25) is 28.0 Å². The van der Waals surface area contributed by atoms with Crippen molar-refractivity contribution in [3.8, 4) is 0 Å². The van der Waals surface area contributed by atoms with Crippen molar-refractivity contribution in [1.29, 1.82) is 0 Å². The lowest BCUT2D eigenvalue weighted by atomic mass is 10.1. The molecule has 3 saturated heterocycles. The van der Waals surface area contributed by atoms with E-state index in [9.17, 15) is 19.0 Å². The molecule has 2 bridgehead atoms. The monoisotopic (exact) mass is 657 g/mol. The SMILES string of the molecule is CP1(=O)OC[C@H]2O[C@@H](n3cnc4c(=O)[nH]c(N)nc43)[C@H](O[P+](=O)OC[C@H]3O[C@@H](n4cnc5c(N)ncnc54)[C@H](F)[C@@H]3O1)[C@@H]2O. The van der Waals surface area contributed by atoms with Crippen LogP contribution in [-0.2, 0) is 36.7 Å². The molecule has 0 amide bonds. The maximum Gasteiger partial charge on any atom is 0.698 e. The van der Waals surface area contributed by atoms with Crippen molar-refractivity contribution in [2.75, 3.05) is 31.3 Å². The van der Waals surface area contributed by atoms with Gasteiger partial charge in [-0.1, -0.05) is 0 Å². The summed E-state index contributed by atoms with van der Waals surface area (Å²) < 4.78 is 78.8. The van der Waals surface area contributed by atoms with Crippen LogP contribution in [0.2, 0.25) is 0 Å². The van der Waals surface area contributed by atoms with Crippen LogP contribution in [0.3, 0.4) is 0 Å². The first-order valence-electron chi connectivity index (χ1n) is 13.0. The maximum atomic E-state index is 15.9. The van der Waals surface area contributed by atoms with Crippen LogP contribution in [0.25, 0.3) is 22.3 Å². The van der Waals surface area contributed by atoms with E-state index in [2.05, 4.69) is 29.9 Å². The van der Waals surface area contributed by atoms with Crippen LogP contribution in [0.5, 0.6) is 0 Å². The second kappa shape index (κ2) is 10.8. The van der Waals surface area contributed by atoms with Gasteiger partial charge in [-0.2, -0.15) is 4.98 Å². The highest BCUT2D eigenvalue weighted by atomic mass is 31.2. The Bertz CT molecular complexity index is 1870. The topological polar surface area (TPSA) is 269 Å². The highest BCUT2D eigenvalue weighted by Gasteiger charge is 2.55. The fourth-order valence-corrected chi connectivity index (χ4v) is 7.21. The molecule has 7 rings (SSSR count). The minimum absolute atomic E-state index is 0.0124. The molecular formula is C21H24FN10O10P2+. The third kappa shape index (κ3) is 4.95. The zero-order valence-corrected chi connectivity index (χ0v) is 24.2. The number of nitrogens with one attached hydrogen (secondary N) is 1. The number of aliphatic hydroxyl groups excluding tert-OH is 1. The number of fused-ring (bicyclic) bond motifs is 5. The van der Waals surface area contributed by atoms with Crippen LogP contribution in [0.4, 0.5) is 16.2 Å². The first-order chi connectivity index (χ1) is 21.0. The highest BCUT2D eigenvalue weighted by Crippen LogP contribution is 2.51. The van der Waals surface area contributed by atoms with Crippen molar-refractivity contribution in [1.82, 2.24) is 39.0 Å². The number of nitrogens with zero attached hydrogens (tertiary/aromatic N) is 7. The largest absolute Gasteiger partial charge is 0.698 e. The van der Waals surface area contributed by atoms with Gasteiger partial charge in [0, 0.05) is 11.2 Å². The molecule has 4 aromatic heterocycles. The summed E-state index contributed by atoms with van der Waals surface area (Å²) in [5.74, 6) is -0.145. The van der Waals surface area contributed by atoms with Crippen LogP contribution in [-0.4, -0.2) is 101 Å². The standard InChI is InChI=1S/C21H23FN10O10P2/c1-44(36)38-3-7-12(33)14(20(39-7)32-6-28-11-17(32)29-21(24)30-18(11)34)41-43(35)37-2-8-13(42-44)9(22)19(40-8)31-5-27-10-15(23)25-4-26-16(10)31/h4-9,12-14,19-20,33H,2-3H2,1H3,(H4-,23,24,25,26,29,30,34)/p+1/t7-,8-,9-,12-,13-,14-,19-,20-,44?/m1/s1. The predicted molar refractivity (Wildman–Crippen MR) is 144 cm³/mol. The number of imidazole rings is 2. The van der Waals surface area contributed by atoms with Gasteiger partial charge in [0.2, 0.25) is 5.95 Å². The summed E-state index contributed by atoms with van der Waals surface area (Å²) in [6.45, 7) is 0.0350. The smallest absolute Gasteiger partial charge is 0.387 e. The molecule has 6 N–H and O–H groups in total. The van der Waals surface area contributed by atoms with Crippen molar-refractivity contribution in [3.05, 3.63) is 29.3 Å². The average molecular weight is 657 g/mol.